The SMILES string of the molecule is CC[C@@H](C)C(=O)NCCNc1nc2c(c(=O)n(C)c(=O)n2C)n1Cc1ccccc1F. The van der Waals surface area contributed by atoms with Crippen LogP contribution in [0.25, 0.3) is 11.2 Å². The Balaban J connectivity index is 1.98. The topological polar surface area (TPSA) is 103 Å². The van der Waals surface area contributed by atoms with E-state index in [4.69, 9.17) is 0 Å². The Kier molecular flexibility index (Phi) is 6.57. The average Bonchev–Trinajstić information content (AvgIpc) is 3.12. The highest BCUT2D eigenvalue weighted by Crippen LogP contribution is 2.19. The molecular formula is C21H27FN6O3. The molecule has 0 radical (unpaired) electrons. The van der Waals surface area contributed by atoms with Crippen molar-refractivity contribution in [1.82, 2.24) is 24.0 Å². The van der Waals surface area contributed by atoms with Gasteiger partial charge in [-0.15, -0.1) is 0 Å². The molecule has 31 heavy (non-hydrogen) atoms. The van der Waals surface area contributed by atoms with Gasteiger partial charge in [-0.05, 0) is 12.5 Å². The highest BCUT2D eigenvalue weighted by molar-refractivity contribution is 5.78. The third kappa shape index (κ3) is 4.37. The quantitative estimate of drug-likeness (QED) is 0.523. The van der Waals surface area contributed by atoms with Crippen LogP contribution in [0.5, 0.6) is 0 Å². The summed E-state index contributed by atoms with van der Waals surface area (Å²) in [6.45, 7) is 4.55. The van der Waals surface area contributed by atoms with Crippen LogP contribution in [0.1, 0.15) is 25.8 Å². The van der Waals surface area contributed by atoms with E-state index in [-0.39, 0.29) is 29.5 Å². The maximum Gasteiger partial charge on any atom is 0.332 e. The molecule has 3 rings (SSSR count). The van der Waals surface area contributed by atoms with Crippen molar-refractivity contribution in [3.05, 3.63) is 56.5 Å². The summed E-state index contributed by atoms with van der Waals surface area (Å²) in [6.07, 6.45) is 0.745. The van der Waals surface area contributed by atoms with Crippen molar-refractivity contribution in [2.75, 3.05) is 18.4 Å². The Labute approximate surface area is 178 Å². The maximum atomic E-state index is 14.3. The smallest absolute Gasteiger partial charge is 0.332 e. The van der Waals surface area contributed by atoms with Crippen LogP contribution in [-0.4, -0.2) is 37.7 Å². The normalized spacial score (nSPS) is 12.2. The van der Waals surface area contributed by atoms with Gasteiger partial charge in [0.2, 0.25) is 11.9 Å². The van der Waals surface area contributed by atoms with Crippen LogP contribution >= 0.6 is 0 Å². The molecule has 0 aliphatic rings. The molecule has 0 spiro atoms. The van der Waals surface area contributed by atoms with Crippen LogP contribution < -0.4 is 21.9 Å². The zero-order chi connectivity index (χ0) is 22.7. The van der Waals surface area contributed by atoms with E-state index < -0.39 is 17.1 Å². The van der Waals surface area contributed by atoms with E-state index >= 15 is 0 Å². The van der Waals surface area contributed by atoms with E-state index in [0.717, 1.165) is 11.0 Å². The number of hydrogen-bond donors (Lipinski definition) is 2. The van der Waals surface area contributed by atoms with Gasteiger partial charge in [-0.3, -0.25) is 23.3 Å². The molecule has 0 fully saturated rings. The summed E-state index contributed by atoms with van der Waals surface area (Å²) < 4.78 is 18.1. The summed E-state index contributed by atoms with van der Waals surface area (Å²) in [7, 11) is 2.92. The molecule has 3 aromatic rings. The lowest BCUT2D eigenvalue weighted by molar-refractivity contribution is -0.124. The van der Waals surface area contributed by atoms with Crippen LogP contribution in [0.4, 0.5) is 10.3 Å². The summed E-state index contributed by atoms with van der Waals surface area (Å²) in [4.78, 5) is 41.5. The van der Waals surface area contributed by atoms with E-state index in [1.807, 2.05) is 13.8 Å². The number of aromatic nitrogens is 4. The van der Waals surface area contributed by atoms with Gasteiger partial charge in [-0.2, -0.15) is 4.98 Å². The van der Waals surface area contributed by atoms with Crippen molar-refractivity contribution in [3.63, 3.8) is 0 Å². The first-order valence-corrected chi connectivity index (χ1v) is 10.2. The van der Waals surface area contributed by atoms with Crippen molar-refractivity contribution in [2.24, 2.45) is 20.0 Å². The first-order valence-electron chi connectivity index (χ1n) is 10.2. The molecule has 9 nitrogen and oxygen atoms in total. The predicted molar refractivity (Wildman–Crippen MR) is 117 cm³/mol. The van der Waals surface area contributed by atoms with Crippen LogP contribution in [0.15, 0.2) is 33.9 Å². The lowest BCUT2D eigenvalue weighted by Crippen LogP contribution is -2.37. The van der Waals surface area contributed by atoms with E-state index in [1.54, 1.807) is 22.8 Å². The number of aryl methyl sites for hydroxylation is 1. The van der Waals surface area contributed by atoms with Crippen molar-refractivity contribution in [3.8, 4) is 0 Å². The lowest BCUT2D eigenvalue weighted by Gasteiger charge is -2.13. The molecule has 0 aliphatic carbocycles. The molecule has 1 atom stereocenters. The Hall–Kier alpha value is -3.43. The number of carbonyl (C=O) groups is 1. The molecule has 0 aliphatic heterocycles. The highest BCUT2D eigenvalue weighted by Gasteiger charge is 2.20. The Morgan fingerprint density at radius 1 is 1.16 bits per heavy atom. The minimum absolute atomic E-state index is 0.0413. The fourth-order valence-electron chi connectivity index (χ4n) is 3.25. The van der Waals surface area contributed by atoms with Gasteiger partial charge in [0.05, 0.1) is 6.54 Å². The number of amides is 1. The third-order valence-corrected chi connectivity index (χ3v) is 5.40. The van der Waals surface area contributed by atoms with Crippen molar-refractivity contribution in [1.29, 1.82) is 0 Å². The van der Waals surface area contributed by atoms with Crippen LogP contribution in [0.2, 0.25) is 0 Å². The summed E-state index contributed by atoms with van der Waals surface area (Å²) >= 11 is 0. The van der Waals surface area contributed by atoms with Gasteiger partial charge in [-0.1, -0.05) is 32.0 Å². The van der Waals surface area contributed by atoms with E-state index in [0.29, 0.717) is 24.6 Å². The minimum Gasteiger partial charge on any atom is -0.354 e. The van der Waals surface area contributed by atoms with E-state index in [1.165, 1.54) is 24.7 Å². The van der Waals surface area contributed by atoms with E-state index in [9.17, 15) is 18.8 Å². The molecule has 10 heteroatoms. The van der Waals surface area contributed by atoms with Gasteiger partial charge in [0, 0.05) is 38.7 Å². The molecule has 0 saturated heterocycles. The fourth-order valence-corrected chi connectivity index (χ4v) is 3.25. The number of benzene rings is 1. The molecule has 0 saturated carbocycles. The number of nitrogens with one attached hydrogen (secondary N) is 2. The van der Waals surface area contributed by atoms with Crippen LogP contribution in [0.3, 0.4) is 0 Å². The molecule has 166 valence electrons. The van der Waals surface area contributed by atoms with Crippen molar-refractivity contribution in [2.45, 2.75) is 26.8 Å². The number of fused-ring (bicyclic) bond motifs is 1. The lowest BCUT2D eigenvalue weighted by atomic mass is 10.1. The molecule has 2 heterocycles. The summed E-state index contributed by atoms with van der Waals surface area (Å²) in [6, 6.07) is 6.28. The van der Waals surface area contributed by atoms with Crippen LogP contribution in [0, 0.1) is 11.7 Å². The number of hydrogen-bond acceptors (Lipinski definition) is 5. The molecule has 0 unspecified atom stereocenters. The van der Waals surface area contributed by atoms with Crippen molar-refractivity contribution < 1.29 is 9.18 Å². The number of imidazole rings is 1. The molecule has 2 N–H and O–H groups in total. The standard InChI is InChI=1S/C21H27FN6O3/c1-5-13(2)18(29)23-10-11-24-20-25-17-16(19(30)27(4)21(31)26(17)3)28(20)12-14-8-6-7-9-15(14)22/h6-9,13H,5,10-12H2,1-4H3,(H,23,29)(H,24,25)/t13-/m1/s1. The molecule has 1 aromatic carbocycles. The molecule has 0 bridgehead atoms. The van der Waals surface area contributed by atoms with Gasteiger partial charge >= 0.3 is 5.69 Å². The number of rotatable bonds is 8. The molecular weight excluding hydrogens is 403 g/mol. The zero-order valence-electron chi connectivity index (χ0n) is 18.1. The van der Waals surface area contributed by atoms with Gasteiger partial charge in [0.15, 0.2) is 11.2 Å². The second-order valence-electron chi connectivity index (χ2n) is 7.52. The Morgan fingerprint density at radius 3 is 2.55 bits per heavy atom. The summed E-state index contributed by atoms with van der Waals surface area (Å²) in [5, 5.41) is 5.94. The monoisotopic (exact) mass is 430 g/mol. The van der Waals surface area contributed by atoms with Crippen molar-refractivity contribution >= 4 is 23.0 Å². The Bertz CT molecular complexity index is 1230. The second kappa shape index (κ2) is 9.15. The summed E-state index contributed by atoms with van der Waals surface area (Å²) in [5.41, 5.74) is -0.235. The molecule has 1 amide bonds. The number of carbonyl (C=O) groups excluding carboxylic acids is 1. The third-order valence-electron chi connectivity index (χ3n) is 5.40. The summed E-state index contributed by atoms with van der Waals surface area (Å²) in [5.74, 6) is -0.212. The van der Waals surface area contributed by atoms with Gasteiger partial charge in [0.1, 0.15) is 5.82 Å². The van der Waals surface area contributed by atoms with Gasteiger partial charge in [0.25, 0.3) is 5.56 Å². The fraction of sp³-hybridized carbons (Fsp3) is 0.429. The Morgan fingerprint density at radius 2 is 1.87 bits per heavy atom. The van der Waals surface area contributed by atoms with Crippen LogP contribution in [-0.2, 0) is 25.4 Å². The second-order valence-corrected chi connectivity index (χ2v) is 7.52. The minimum atomic E-state index is -0.514. The first-order chi connectivity index (χ1) is 14.8. The average molecular weight is 430 g/mol. The molecule has 2 aromatic heterocycles. The van der Waals surface area contributed by atoms with Gasteiger partial charge in [-0.25, -0.2) is 9.18 Å². The largest absolute Gasteiger partial charge is 0.354 e. The highest BCUT2D eigenvalue weighted by atomic mass is 19.1. The maximum absolute atomic E-state index is 14.3. The van der Waals surface area contributed by atoms with E-state index in [2.05, 4.69) is 15.6 Å². The first kappa shape index (κ1) is 22.3. The van der Waals surface area contributed by atoms with Gasteiger partial charge < -0.3 is 10.6 Å². The zero-order valence-corrected chi connectivity index (χ0v) is 18.1. The number of anilines is 1. The number of nitrogens with zero attached hydrogens (tertiary/aromatic N) is 4. The predicted octanol–water partition coefficient (Wildman–Crippen LogP) is 1.20. The number of halogens is 1.